The molecule has 1 aliphatic rings. The van der Waals surface area contributed by atoms with Crippen LogP contribution in [0.5, 0.6) is 0 Å². The number of aryl methyl sites for hydroxylation is 1. The minimum atomic E-state index is 0.397. The zero-order valence-electron chi connectivity index (χ0n) is 19.2. The Morgan fingerprint density at radius 3 is 3.00 bits per heavy atom. The van der Waals surface area contributed by atoms with Gasteiger partial charge in [-0.3, -0.25) is 0 Å². The standard InChI is InChI=1S/C24H33N7O/c1-4-7-22-28-23(32-29-22)20-9-6-8-19(14-20)15-27-24(26-5-2)30-12-10-18(3)21(16-30)31-13-11-25-17-31/h6,8-9,11,13-14,17-18,21H,4-5,7,10,12,15-16H2,1-3H3,(H,26,27). The summed E-state index contributed by atoms with van der Waals surface area (Å²) in [5, 5.41) is 7.55. The van der Waals surface area contributed by atoms with E-state index < -0.39 is 0 Å². The van der Waals surface area contributed by atoms with Crippen molar-refractivity contribution in [3.05, 3.63) is 54.4 Å². The zero-order valence-corrected chi connectivity index (χ0v) is 19.2. The average Bonchev–Trinajstić information content (AvgIpc) is 3.50. The number of benzene rings is 1. The van der Waals surface area contributed by atoms with Crippen molar-refractivity contribution < 1.29 is 4.52 Å². The van der Waals surface area contributed by atoms with E-state index in [1.807, 2.05) is 24.7 Å². The van der Waals surface area contributed by atoms with Gasteiger partial charge in [0.05, 0.1) is 18.9 Å². The van der Waals surface area contributed by atoms with Gasteiger partial charge < -0.3 is 19.3 Å². The number of hydrogen-bond donors (Lipinski definition) is 1. The van der Waals surface area contributed by atoms with E-state index in [4.69, 9.17) is 9.52 Å². The third-order valence-corrected chi connectivity index (χ3v) is 5.99. The summed E-state index contributed by atoms with van der Waals surface area (Å²) in [5.41, 5.74) is 2.05. The van der Waals surface area contributed by atoms with Crippen molar-refractivity contribution in [1.29, 1.82) is 0 Å². The second-order valence-corrected chi connectivity index (χ2v) is 8.43. The van der Waals surface area contributed by atoms with Crippen molar-refractivity contribution in [2.45, 2.75) is 52.6 Å². The highest BCUT2D eigenvalue weighted by Gasteiger charge is 2.28. The smallest absolute Gasteiger partial charge is 0.257 e. The quantitative estimate of drug-likeness (QED) is 0.447. The Morgan fingerprint density at radius 1 is 1.31 bits per heavy atom. The SMILES string of the molecule is CCCc1noc(-c2cccc(CN=C(NCC)N3CCC(C)C(n4ccnc4)C3)c2)n1. The van der Waals surface area contributed by atoms with Gasteiger partial charge in [-0.05, 0) is 43.4 Å². The van der Waals surface area contributed by atoms with Crippen molar-refractivity contribution >= 4 is 5.96 Å². The Balaban J connectivity index is 1.48. The first-order valence-electron chi connectivity index (χ1n) is 11.6. The molecular weight excluding hydrogens is 402 g/mol. The number of guanidine groups is 1. The van der Waals surface area contributed by atoms with E-state index in [1.54, 1.807) is 0 Å². The van der Waals surface area contributed by atoms with Gasteiger partial charge in [0.2, 0.25) is 0 Å². The number of nitrogens with zero attached hydrogens (tertiary/aromatic N) is 6. The summed E-state index contributed by atoms with van der Waals surface area (Å²) >= 11 is 0. The molecule has 1 N–H and O–H groups in total. The largest absolute Gasteiger partial charge is 0.357 e. The molecule has 0 aliphatic carbocycles. The van der Waals surface area contributed by atoms with E-state index in [-0.39, 0.29) is 0 Å². The second kappa shape index (κ2) is 10.4. The molecule has 0 radical (unpaired) electrons. The molecule has 2 unspecified atom stereocenters. The van der Waals surface area contributed by atoms with Crippen molar-refractivity contribution in [2.75, 3.05) is 19.6 Å². The lowest BCUT2D eigenvalue weighted by Gasteiger charge is -2.39. The van der Waals surface area contributed by atoms with E-state index in [1.165, 1.54) is 0 Å². The lowest BCUT2D eigenvalue weighted by molar-refractivity contribution is 0.189. The highest BCUT2D eigenvalue weighted by molar-refractivity contribution is 5.80. The molecule has 3 heterocycles. The molecule has 32 heavy (non-hydrogen) atoms. The predicted octanol–water partition coefficient (Wildman–Crippen LogP) is 3.93. The predicted molar refractivity (Wildman–Crippen MR) is 125 cm³/mol. The Bertz CT molecular complexity index is 1010. The molecule has 0 amide bonds. The van der Waals surface area contributed by atoms with E-state index >= 15 is 0 Å². The fraction of sp³-hybridized carbons (Fsp3) is 0.500. The number of aromatic nitrogens is 4. The van der Waals surface area contributed by atoms with Crippen LogP contribution in [0, 0.1) is 5.92 Å². The lowest BCUT2D eigenvalue weighted by atomic mass is 9.93. The fourth-order valence-corrected chi connectivity index (χ4v) is 4.19. The highest BCUT2D eigenvalue weighted by atomic mass is 16.5. The van der Waals surface area contributed by atoms with Crippen LogP contribution in [0.3, 0.4) is 0 Å². The van der Waals surface area contributed by atoms with E-state index in [0.717, 1.165) is 61.8 Å². The summed E-state index contributed by atoms with van der Waals surface area (Å²) in [6.45, 7) is 9.89. The third kappa shape index (κ3) is 5.18. The van der Waals surface area contributed by atoms with Crippen LogP contribution in [0.1, 0.15) is 51.0 Å². The summed E-state index contributed by atoms with van der Waals surface area (Å²) < 4.78 is 7.67. The van der Waals surface area contributed by atoms with E-state index in [2.05, 4.69) is 69.0 Å². The minimum Gasteiger partial charge on any atom is -0.357 e. The number of rotatable bonds is 7. The normalized spacial score (nSPS) is 19.3. The van der Waals surface area contributed by atoms with E-state index in [9.17, 15) is 0 Å². The van der Waals surface area contributed by atoms with Gasteiger partial charge in [-0.2, -0.15) is 4.98 Å². The number of likely N-dealkylation sites (tertiary alicyclic amines) is 1. The fourth-order valence-electron chi connectivity index (χ4n) is 4.19. The van der Waals surface area contributed by atoms with Gasteiger partial charge >= 0.3 is 0 Å². The molecule has 4 rings (SSSR count). The van der Waals surface area contributed by atoms with E-state index in [0.29, 0.717) is 24.4 Å². The molecule has 1 aliphatic heterocycles. The number of nitrogens with one attached hydrogen (secondary N) is 1. The molecule has 1 aromatic carbocycles. The lowest BCUT2D eigenvalue weighted by Crippen LogP contribution is -2.49. The molecule has 1 saturated heterocycles. The van der Waals surface area contributed by atoms with Crippen molar-refractivity contribution in [2.24, 2.45) is 10.9 Å². The van der Waals surface area contributed by atoms with Crippen molar-refractivity contribution in [1.82, 2.24) is 29.9 Å². The first-order chi connectivity index (χ1) is 15.7. The Hall–Kier alpha value is -3.16. The van der Waals surface area contributed by atoms with Crippen LogP contribution in [0.4, 0.5) is 0 Å². The summed E-state index contributed by atoms with van der Waals surface area (Å²) in [6, 6.07) is 8.60. The van der Waals surface area contributed by atoms with Gasteiger partial charge in [-0.15, -0.1) is 0 Å². The second-order valence-electron chi connectivity index (χ2n) is 8.43. The molecule has 3 aromatic rings. The number of imidazole rings is 1. The van der Waals surface area contributed by atoms with Gasteiger partial charge in [0.1, 0.15) is 0 Å². The van der Waals surface area contributed by atoms with Crippen LogP contribution in [0.15, 0.2) is 52.5 Å². The molecule has 0 spiro atoms. The van der Waals surface area contributed by atoms with Crippen LogP contribution in [-0.4, -0.2) is 50.2 Å². The van der Waals surface area contributed by atoms with Gasteiger partial charge in [0, 0.05) is 44.0 Å². The molecule has 8 heteroatoms. The monoisotopic (exact) mass is 435 g/mol. The van der Waals surface area contributed by atoms with Crippen LogP contribution in [0.2, 0.25) is 0 Å². The Kier molecular flexibility index (Phi) is 7.19. The summed E-state index contributed by atoms with van der Waals surface area (Å²) in [5.74, 6) is 2.89. The summed E-state index contributed by atoms with van der Waals surface area (Å²) in [7, 11) is 0. The maximum atomic E-state index is 5.45. The van der Waals surface area contributed by atoms with Crippen molar-refractivity contribution in [3.63, 3.8) is 0 Å². The first kappa shape index (κ1) is 22.0. The maximum Gasteiger partial charge on any atom is 0.257 e. The average molecular weight is 436 g/mol. The molecule has 0 bridgehead atoms. The van der Waals surface area contributed by atoms with Crippen LogP contribution in [-0.2, 0) is 13.0 Å². The number of aliphatic imine (C=N–C) groups is 1. The van der Waals surface area contributed by atoms with Crippen LogP contribution >= 0.6 is 0 Å². The molecule has 2 atom stereocenters. The minimum absolute atomic E-state index is 0.397. The van der Waals surface area contributed by atoms with Gasteiger partial charge in [-0.1, -0.05) is 31.1 Å². The summed E-state index contributed by atoms with van der Waals surface area (Å²) in [4.78, 5) is 16.1. The third-order valence-electron chi connectivity index (χ3n) is 5.99. The molecule has 1 fully saturated rings. The summed E-state index contributed by atoms with van der Waals surface area (Å²) in [6.07, 6.45) is 8.78. The van der Waals surface area contributed by atoms with Gasteiger partial charge in [0.25, 0.3) is 5.89 Å². The highest BCUT2D eigenvalue weighted by Crippen LogP contribution is 2.27. The van der Waals surface area contributed by atoms with Gasteiger partial charge in [0.15, 0.2) is 11.8 Å². The molecular formula is C24H33N7O. The Morgan fingerprint density at radius 2 is 2.22 bits per heavy atom. The van der Waals surface area contributed by atoms with Crippen molar-refractivity contribution in [3.8, 4) is 11.5 Å². The molecule has 0 saturated carbocycles. The van der Waals surface area contributed by atoms with Crippen LogP contribution in [0.25, 0.3) is 11.5 Å². The topological polar surface area (TPSA) is 84.4 Å². The van der Waals surface area contributed by atoms with Crippen LogP contribution < -0.4 is 5.32 Å². The Labute approximate surface area is 189 Å². The van der Waals surface area contributed by atoms with Gasteiger partial charge in [-0.25, -0.2) is 9.98 Å². The zero-order chi connectivity index (χ0) is 22.3. The molecule has 2 aromatic heterocycles. The molecule has 8 nitrogen and oxygen atoms in total. The number of piperidine rings is 1. The number of hydrogen-bond acceptors (Lipinski definition) is 5. The first-order valence-corrected chi connectivity index (χ1v) is 11.6. The molecule has 170 valence electrons. The maximum absolute atomic E-state index is 5.45.